The predicted octanol–water partition coefficient (Wildman–Crippen LogP) is 1.70. The van der Waals surface area contributed by atoms with Crippen LogP contribution in [0.2, 0.25) is 0 Å². The van der Waals surface area contributed by atoms with Gasteiger partial charge in [-0.25, -0.2) is 0 Å². The van der Waals surface area contributed by atoms with Crippen LogP contribution in [0.4, 0.5) is 0 Å². The number of ether oxygens (including phenoxy) is 1. The molecular weight excluding hydrogens is 238 g/mol. The monoisotopic (exact) mass is 253 g/mol. The molecule has 1 N–H and O–H groups in total. The van der Waals surface area contributed by atoms with Gasteiger partial charge in [-0.15, -0.1) is 0 Å². The van der Waals surface area contributed by atoms with Crippen molar-refractivity contribution in [2.75, 3.05) is 18.6 Å². The van der Waals surface area contributed by atoms with Crippen molar-refractivity contribution >= 4 is 23.6 Å². The number of amides is 1. The van der Waals surface area contributed by atoms with Crippen LogP contribution < -0.4 is 10.1 Å². The first-order valence-corrected chi connectivity index (χ1v) is 6.59. The molecule has 0 bridgehead atoms. The molecule has 1 rings (SSSR count). The van der Waals surface area contributed by atoms with Gasteiger partial charge in [0.25, 0.3) is 5.91 Å². The van der Waals surface area contributed by atoms with Crippen LogP contribution in [0.5, 0.6) is 5.75 Å². The Morgan fingerprint density at radius 2 is 2.06 bits per heavy atom. The average molecular weight is 253 g/mol. The van der Waals surface area contributed by atoms with Crippen LogP contribution in [0.15, 0.2) is 24.3 Å². The second-order valence-corrected chi connectivity index (χ2v) is 4.32. The lowest BCUT2D eigenvalue weighted by atomic mass is 10.2. The van der Waals surface area contributed by atoms with E-state index in [1.807, 2.05) is 6.26 Å². The minimum absolute atomic E-state index is 0.226. The maximum Gasteiger partial charge on any atom is 0.308 e. The van der Waals surface area contributed by atoms with Gasteiger partial charge in [0.2, 0.25) is 0 Å². The van der Waals surface area contributed by atoms with E-state index in [1.165, 1.54) is 6.92 Å². The highest BCUT2D eigenvalue weighted by molar-refractivity contribution is 7.98. The fraction of sp³-hybridized carbons (Fsp3) is 0.333. The SMILES string of the molecule is CSCCNC(=O)c1ccccc1OC(C)=O. The zero-order valence-corrected chi connectivity index (χ0v) is 10.7. The Bertz CT molecular complexity index is 406. The molecule has 0 saturated carbocycles. The number of hydrogen-bond donors (Lipinski definition) is 1. The molecule has 17 heavy (non-hydrogen) atoms. The summed E-state index contributed by atoms with van der Waals surface area (Å²) in [6, 6.07) is 6.69. The molecule has 0 aromatic heterocycles. The third kappa shape index (κ3) is 4.48. The Labute approximate surface area is 105 Å². The summed E-state index contributed by atoms with van der Waals surface area (Å²) in [7, 11) is 0. The minimum Gasteiger partial charge on any atom is -0.426 e. The molecule has 0 fully saturated rings. The van der Waals surface area contributed by atoms with Gasteiger partial charge in [0.1, 0.15) is 5.75 Å². The predicted molar refractivity (Wildman–Crippen MR) is 68.5 cm³/mol. The number of esters is 1. The quantitative estimate of drug-likeness (QED) is 0.493. The number of rotatable bonds is 5. The molecule has 0 spiro atoms. The zero-order valence-electron chi connectivity index (χ0n) is 9.86. The maximum atomic E-state index is 11.8. The van der Waals surface area contributed by atoms with E-state index >= 15 is 0 Å². The molecule has 1 aromatic carbocycles. The first kappa shape index (κ1) is 13.6. The van der Waals surface area contributed by atoms with Crippen molar-refractivity contribution in [3.05, 3.63) is 29.8 Å². The summed E-state index contributed by atoms with van der Waals surface area (Å²) >= 11 is 1.65. The second-order valence-electron chi connectivity index (χ2n) is 3.34. The molecule has 0 aliphatic heterocycles. The van der Waals surface area contributed by atoms with Crippen molar-refractivity contribution in [2.24, 2.45) is 0 Å². The standard InChI is InChI=1S/C12H15NO3S/c1-9(14)16-11-6-4-3-5-10(11)12(15)13-7-8-17-2/h3-6H,7-8H2,1-2H3,(H,13,15). The summed E-state index contributed by atoms with van der Waals surface area (Å²) < 4.78 is 4.97. The number of thioether (sulfide) groups is 1. The summed E-state index contributed by atoms with van der Waals surface area (Å²) in [4.78, 5) is 22.7. The van der Waals surface area contributed by atoms with Crippen LogP contribution >= 0.6 is 11.8 Å². The lowest BCUT2D eigenvalue weighted by Crippen LogP contribution is -2.26. The molecule has 0 unspecified atom stereocenters. The molecule has 4 nitrogen and oxygen atoms in total. The number of benzene rings is 1. The largest absolute Gasteiger partial charge is 0.426 e. The van der Waals surface area contributed by atoms with Gasteiger partial charge >= 0.3 is 5.97 Å². The molecule has 0 atom stereocenters. The first-order valence-electron chi connectivity index (χ1n) is 5.19. The minimum atomic E-state index is -0.436. The van der Waals surface area contributed by atoms with Gasteiger partial charge in [0.05, 0.1) is 5.56 Å². The molecule has 0 heterocycles. The topological polar surface area (TPSA) is 55.4 Å². The second kappa shape index (κ2) is 6.96. The molecule has 5 heteroatoms. The highest BCUT2D eigenvalue weighted by Gasteiger charge is 2.12. The van der Waals surface area contributed by atoms with Crippen LogP contribution in [0, 0.1) is 0 Å². The normalized spacial score (nSPS) is 9.76. The number of nitrogens with one attached hydrogen (secondary N) is 1. The van der Waals surface area contributed by atoms with Gasteiger partial charge in [0, 0.05) is 19.2 Å². The molecule has 0 aliphatic carbocycles. The molecule has 92 valence electrons. The van der Waals surface area contributed by atoms with Gasteiger partial charge in [-0.2, -0.15) is 11.8 Å². The van der Waals surface area contributed by atoms with Crippen molar-refractivity contribution in [1.29, 1.82) is 0 Å². The number of carbonyl (C=O) groups excluding carboxylic acids is 2. The fourth-order valence-electron chi connectivity index (χ4n) is 1.26. The lowest BCUT2D eigenvalue weighted by molar-refractivity contribution is -0.131. The highest BCUT2D eigenvalue weighted by atomic mass is 32.2. The number of carbonyl (C=O) groups is 2. The van der Waals surface area contributed by atoms with Crippen LogP contribution in [0.25, 0.3) is 0 Å². The summed E-state index contributed by atoms with van der Waals surface area (Å²) in [6.45, 7) is 1.90. The maximum absolute atomic E-state index is 11.8. The van der Waals surface area contributed by atoms with E-state index in [2.05, 4.69) is 5.32 Å². The van der Waals surface area contributed by atoms with E-state index in [4.69, 9.17) is 4.74 Å². The van der Waals surface area contributed by atoms with Gasteiger partial charge < -0.3 is 10.1 Å². The Hall–Kier alpha value is -1.49. The average Bonchev–Trinajstić information content (AvgIpc) is 2.29. The molecular formula is C12H15NO3S. The van der Waals surface area contributed by atoms with Crippen molar-refractivity contribution in [2.45, 2.75) is 6.92 Å². The van der Waals surface area contributed by atoms with Crippen molar-refractivity contribution in [1.82, 2.24) is 5.32 Å². The number of para-hydroxylation sites is 1. The Morgan fingerprint density at radius 1 is 1.35 bits per heavy atom. The summed E-state index contributed by atoms with van der Waals surface area (Å²) in [5.41, 5.74) is 0.379. The van der Waals surface area contributed by atoms with E-state index in [0.717, 1.165) is 5.75 Å². The third-order valence-corrected chi connectivity index (χ3v) is 2.59. The van der Waals surface area contributed by atoms with Crippen LogP contribution in [0.3, 0.4) is 0 Å². The first-order chi connectivity index (χ1) is 8.15. The van der Waals surface area contributed by atoms with Crippen LogP contribution in [-0.2, 0) is 4.79 Å². The molecule has 1 aromatic rings. The number of hydrogen-bond acceptors (Lipinski definition) is 4. The Balaban J connectivity index is 2.74. The van der Waals surface area contributed by atoms with Crippen molar-refractivity contribution in [3.8, 4) is 5.75 Å². The summed E-state index contributed by atoms with van der Waals surface area (Å²) in [5.74, 6) is 0.480. The van der Waals surface area contributed by atoms with Gasteiger partial charge in [0.15, 0.2) is 0 Å². The van der Waals surface area contributed by atoms with Gasteiger partial charge in [-0.3, -0.25) is 9.59 Å². The molecule has 1 amide bonds. The van der Waals surface area contributed by atoms with Gasteiger partial charge in [-0.05, 0) is 18.4 Å². The lowest BCUT2D eigenvalue weighted by Gasteiger charge is -2.08. The fourth-order valence-corrected chi connectivity index (χ4v) is 1.57. The summed E-state index contributed by atoms with van der Waals surface area (Å²) in [5, 5.41) is 2.76. The van der Waals surface area contributed by atoms with Crippen molar-refractivity contribution < 1.29 is 14.3 Å². The Kier molecular flexibility index (Phi) is 5.56. The molecule has 0 radical (unpaired) electrons. The molecule has 0 aliphatic rings. The Morgan fingerprint density at radius 3 is 2.71 bits per heavy atom. The van der Waals surface area contributed by atoms with E-state index in [1.54, 1.807) is 36.0 Å². The highest BCUT2D eigenvalue weighted by Crippen LogP contribution is 2.17. The van der Waals surface area contributed by atoms with Gasteiger partial charge in [-0.1, -0.05) is 12.1 Å². The van der Waals surface area contributed by atoms with E-state index in [9.17, 15) is 9.59 Å². The molecule has 0 saturated heterocycles. The van der Waals surface area contributed by atoms with E-state index in [-0.39, 0.29) is 5.91 Å². The smallest absolute Gasteiger partial charge is 0.308 e. The summed E-state index contributed by atoms with van der Waals surface area (Å²) in [6.07, 6.45) is 1.97. The van der Waals surface area contributed by atoms with Crippen LogP contribution in [-0.4, -0.2) is 30.4 Å². The zero-order chi connectivity index (χ0) is 12.7. The van der Waals surface area contributed by atoms with Crippen LogP contribution in [0.1, 0.15) is 17.3 Å². The van der Waals surface area contributed by atoms with Crippen molar-refractivity contribution in [3.63, 3.8) is 0 Å². The third-order valence-electron chi connectivity index (χ3n) is 1.98. The van der Waals surface area contributed by atoms with E-state index < -0.39 is 5.97 Å². The van der Waals surface area contributed by atoms with E-state index in [0.29, 0.717) is 17.9 Å².